The number of benzene rings is 1. The Balaban J connectivity index is 1.86. The van der Waals surface area contributed by atoms with E-state index in [0.717, 1.165) is 13.1 Å². The van der Waals surface area contributed by atoms with Crippen molar-refractivity contribution in [3.05, 3.63) is 24.0 Å². The molecule has 106 valence electrons. The molecule has 1 saturated heterocycles. The molecule has 3 rings (SSSR count). The van der Waals surface area contributed by atoms with Gasteiger partial charge in [-0.15, -0.1) is 0 Å². The molecule has 1 aromatic heterocycles. The Labute approximate surface area is 116 Å². The van der Waals surface area contributed by atoms with Crippen LogP contribution in [0.1, 0.15) is 11.9 Å². The first-order valence-corrected chi connectivity index (χ1v) is 6.42. The second kappa shape index (κ2) is 5.10. The van der Waals surface area contributed by atoms with E-state index in [1.807, 2.05) is 7.05 Å². The maximum Gasteiger partial charge on any atom is 0.258 e. The minimum Gasteiger partial charge on any atom is -0.399 e. The van der Waals surface area contributed by atoms with E-state index in [1.165, 1.54) is 0 Å². The zero-order valence-corrected chi connectivity index (χ0v) is 11.2. The van der Waals surface area contributed by atoms with E-state index in [2.05, 4.69) is 15.0 Å². The van der Waals surface area contributed by atoms with Crippen molar-refractivity contribution in [2.75, 3.05) is 38.2 Å². The zero-order valence-electron chi connectivity index (χ0n) is 11.2. The van der Waals surface area contributed by atoms with Crippen molar-refractivity contribution in [2.45, 2.75) is 6.10 Å². The topological polar surface area (TPSA) is 103 Å². The fourth-order valence-corrected chi connectivity index (χ4v) is 2.22. The number of nitrogens with zero attached hydrogens (tertiary/aromatic N) is 3. The minimum atomic E-state index is -0.162. The van der Waals surface area contributed by atoms with Crippen molar-refractivity contribution in [1.29, 1.82) is 0 Å². The fourth-order valence-electron chi connectivity index (χ4n) is 2.22. The van der Waals surface area contributed by atoms with Gasteiger partial charge in [0, 0.05) is 30.0 Å². The Morgan fingerprint density at radius 1 is 1.25 bits per heavy atom. The van der Waals surface area contributed by atoms with Gasteiger partial charge in [-0.1, -0.05) is 5.16 Å². The SMILES string of the molecule is CN1CCOC(c2noc(-c3cc(N)cc(N)c3)n2)C1. The van der Waals surface area contributed by atoms with E-state index in [1.54, 1.807) is 18.2 Å². The van der Waals surface area contributed by atoms with Crippen molar-refractivity contribution >= 4 is 11.4 Å². The number of ether oxygens (including phenoxy) is 1. The van der Waals surface area contributed by atoms with Crippen LogP contribution in [0, 0.1) is 0 Å². The molecule has 20 heavy (non-hydrogen) atoms. The summed E-state index contributed by atoms with van der Waals surface area (Å²) >= 11 is 0. The summed E-state index contributed by atoms with van der Waals surface area (Å²) in [7, 11) is 2.04. The van der Waals surface area contributed by atoms with Crippen LogP contribution >= 0.6 is 0 Å². The molecule has 2 heterocycles. The van der Waals surface area contributed by atoms with E-state index in [-0.39, 0.29) is 6.10 Å². The van der Waals surface area contributed by atoms with Crippen molar-refractivity contribution in [3.63, 3.8) is 0 Å². The minimum absolute atomic E-state index is 0.162. The molecule has 7 nitrogen and oxygen atoms in total. The van der Waals surface area contributed by atoms with Crippen LogP contribution in [-0.2, 0) is 4.74 Å². The van der Waals surface area contributed by atoms with Crippen LogP contribution in [0.5, 0.6) is 0 Å². The van der Waals surface area contributed by atoms with Crippen LogP contribution in [0.3, 0.4) is 0 Å². The number of nitrogens with two attached hydrogens (primary N) is 2. The van der Waals surface area contributed by atoms with Gasteiger partial charge in [-0.25, -0.2) is 0 Å². The summed E-state index contributed by atoms with van der Waals surface area (Å²) in [6, 6.07) is 5.18. The van der Waals surface area contributed by atoms with Gasteiger partial charge in [0.05, 0.1) is 6.61 Å². The van der Waals surface area contributed by atoms with Crippen molar-refractivity contribution in [1.82, 2.24) is 15.0 Å². The molecule has 4 N–H and O–H groups in total. The van der Waals surface area contributed by atoms with E-state index in [0.29, 0.717) is 35.3 Å². The standard InChI is InChI=1S/C13H17N5O2/c1-18-2-3-19-11(7-18)12-16-13(20-17-12)8-4-9(14)6-10(15)5-8/h4-6,11H,2-3,7,14-15H2,1H3. The number of aromatic nitrogens is 2. The molecule has 0 amide bonds. The number of rotatable bonds is 2. The van der Waals surface area contributed by atoms with Crippen molar-refractivity contribution < 1.29 is 9.26 Å². The third-order valence-electron chi connectivity index (χ3n) is 3.22. The van der Waals surface area contributed by atoms with Gasteiger partial charge >= 0.3 is 0 Å². The van der Waals surface area contributed by atoms with E-state index < -0.39 is 0 Å². The Bertz CT molecular complexity index is 592. The molecular formula is C13H17N5O2. The van der Waals surface area contributed by atoms with E-state index >= 15 is 0 Å². The summed E-state index contributed by atoms with van der Waals surface area (Å²) in [5.74, 6) is 0.948. The maximum atomic E-state index is 5.76. The van der Waals surface area contributed by atoms with Crippen LogP contribution < -0.4 is 11.5 Å². The second-order valence-corrected chi connectivity index (χ2v) is 4.97. The van der Waals surface area contributed by atoms with Crippen LogP contribution in [0.15, 0.2) is 22.7 Å². The first-order valence-electron chi connectivity index (χ1n) is 6.42. The maximum absolute atomic E-state index is 5.76. The number of nitrogen functional groups attached to an aromatic ring is 2. The molecular weight excluding hydrogens is 258 g/mol. The third kappa shape index (κ3) is 2.59. The predicted octanol–water partition coefficient (Wildman–Crippen LogP) is 0.904. The summed E-state index contributed by atoms with van der Waals surface area (Å²) < 4.78 is 10.9. The summed E-state index contributed by atoms with van der Waals surface area (Å²) in [5, 5.41) is 3.99. The Morgan fingerprint density at radius 2 is 2.00 bits per heavy atom. The molecule has 0 bridgehead atoms. The molecule has 0 radical (unpaired) electrons. The van der Waals surface area contributed by atoms with Gasteiger partial charge in [0.1, 0.15) is 6.10 Å². The van der Waals surface area contributed by atoms with Gasteiger partial charge in [-0.2, -0.15) is 4.98 Å². The lowest BCUT2D eigenvalue weighted by molar-refractivity contribution is -0.0264. The van der Waals surface area contributed by atoms with Gasteiger partial charge in [-0.3, -0.25) is 0 Å². The number of likely N-dealkylation sites (N-methyl/N-ethyl adjacent to an activating group) is 1. The number of anilines is 2. The molecule has 1 fully saturated rings. The van der Waals surface area contributed by atoms with E-state index in [9.17, 15) is 0 Å². The molecule has 1 aromatic carbocycles. The summed E-state index contributed by atoms with van der Waals surface area (Å²) in [5.41, 5.74) is 13.4. The van der Waals surface area contributed by atoms with Crippen molar-refractivity contribution in [2.24, 2.45) is 0 Å². The molecule has 7 heteroatoms. The highest BCUT2D eigenvalue weighted by atomic mass is 16.5. The number of hydrogen-bond donors (Lipinski definition) is 2. The largest absolute Gasteiger partial charge is 0.399 e. The predicted molar refractivity (Wildman–Crippen MR) is 74.7 cm³/mol. The lowest BCUT2D eigenvalue weighted by Gasteiger charge is -2.27. The van der Waals surface area contributed by atoms with Gasteiger partial charge in [0.2, 0.25) is 5.82 Å². The summed E-state index contributed by atoms with van der Waals surface area (Å²) in [4.78, 5) is 6.55. The molecule has 1 aliphatic heterocycles. The second-order valence-electron chi connectivity index (χ2n) is 4.97. The molecule has 1 unspecified atom stereocenters. The quantitative estimate of drug-likeness (QED) is 0.785. The molecule has 2 aromatic rings. The molecule has 0 spiro atoms. The highest BCUT2D eigenvalue weighted by Crippen LogP contribution is 2.26. The van der Waals surface area contributed by atoms with Gasteiger partial charge < -0.3 is 25.6 Å². The zero-order chi connectivity index (χ0) is 14.1. The van der Waals surface area contributed by atoms with Crippen LogP contribution in [0.25, 0.3) is 11.5 Å². The highest BCUT2D eigenvalue weighted by Gasteiger charge is 2.24. The molecule has 0 aliphatic carbocycles. The van der Waals surface area contributed by atoms with Gasteiger partial charge in [-0.05, 0) is 25.2 Å². The van der Waals surface area contributed by atoms with E-state index in [4.69, 9.17) is 20.7 Å². The average molecular weight is 275 g/mol. The Morgan fingerprint density at radius 3 is 2.70 bits per heavy atom. The highest BCUT2D eigenvalue weighted by molar-refractivity contribution is 5.67. The Hall–Kier alpha value is -2.12. The smallest absolute Gasteiger partial charge is 0.258 e. The van der Waals surface area contributed by atoms with Gasteiger partial charge in [0.25, 0.3) is 5.89 Å². The fraction of sp³-hybridized carbons (Fsp3) is 0.385. The first kappa shape index (κ1) is 12.9. The average Bonchev–Trinajstić information content (AvgIpc) is 2.87. The third-order valence-corrected chi connectivity index (χ3v) is 3.22. The Kier molecular flexibility index (Phi) is 3.29. The van der Waals surface area contributed by atoms with Crippen LogP contribution in [0.2, 0.25) is 0 Å². The monoisotopic (exact) mass is 275 g/mol. The molecule has 1 atom stereocenters. The molecule has 1 aliphatic rings. The summed E-state index contributed by atoms with van der Waals surface area (Å²) in [6.45, 7) is 2.32. The van der Waals surface area contributed by atoms with Crippen molar-refractivity contribution in [3.8, 4) is 11.5 Å². The number of hydrogen-bond acceptors (Lipinski definition) is 7. The summed E-state index contributed by atoms with van der Waals surface area (Å²) in [6.07, 6.45) is -0.162. The normalized spacial score (nSPS) is 20.1. The van der Waals surface area contributed by atoms with Crippen LogP contribution in [-0.4, -0.2) is 41.8 Å². The lowest BCUT2D eigenvalue weighted by atomic mass is 10.2. The molecule has 0 saturated carbocycles. The number of morpholine rings is 1. The first-order chi connectivity index (χ1) is 9.61. The van der Waals surface area contributed by atoms with Gasteiger partial charge in [0.15, 0.2) is 0 Å². The van der Waals surface area contributed by atoms with Crippen LogP contribution in [0.4, 0.5) is 11.4 Å². The lowest BCUT2D eigenvalue weighted by Crippen LogP contribution is -2.35.